The van der Waals surface area contributed by atoms with Gasteiger partial charge < -0.3 is 15.2 Å². The number of carbonyl (C=O) groups excluding carboxylic acids is 1. The van der Waals surface area contributed by atoms with Gasteiger partial charge in [-0.15, -0.1) is 0 Å². The number of aromatic nitrogens is 2. The van der Waals surface area contributed by atoms with Crippen LogP contribution in [-0.2, 0) is 6.54 Å². The van der Waals surface area contributed by atoms with E-state index in [0.717, 1.165) is 18.9 Å². The number of aromatic amines is 1. The molecule has 1 saturated heterocycles. The van der Waals surface area contributed by atoms with E-state index in [0.29, 0.717) is 54.7 Å². The van der Waals surface area contributed by atoms with Crippen LogP contribution < -0.4 is 15.8 Å². The molecule has 2 aromatic heterocycles. The normalized spacial score (nSPS) is 16.5. The number of piperazine rings is 1. The fraction of sp³-hybridized carbons (Fsp3) is 0.296. The Balaban J connectivity index is 1.16. The Morgan fingerprint density at radius 1 is 0.973 bits per heavy atom. The van der Waals surface area contributed by atoms with Crippen LogP contribution in [0.4, 0.5) is 18.9 Å². The third-order valence-corrected chi connectivity index (χ3v) is 7.06. The van der Waals surface area contributed by atoms with Crippen molar-refractivity contribution in [1.82, 2.24) is 20.2 Å². The molecule has 1 amide bonds. The number of fused-ring (bicyclic) bond motifs is 3. The number of halogens is 3. The van der Waals surface area contributed by atoms with Gasteiger partial charge in [0.25, 0.3) is 11.5 Å². The first-order valence-corrected chi connectivity index (χ1v) is 12.2. The second-order valence-electron chi connectivity index (χ2n) is 9.62. The van der Waals surface area contributed by atoms with E-state index in [9.17, 15) is 18.4 Å². The number of nitrogens with zero attached hydrogens (tertiary/aromatic N) is 3. The average molecular weight is 508 g/mol. The molecule has 0 radical (unpaired) electrons. The molecule has 0 spiro atoms. The zero-order valence-corrected chi connectivity index (χ0v) is 19.9. The predicted octanol–water partition coefficient (Wildman–Crippen LogP) is 3.71. The summed E-state index contributed by atoms with van der Waals surface area (Å²) in [5.41, 5.74) is 0.379. The summed E-state index contributed by atoms with van der Waals surface area (Å²) in [7, 11) is 0. The van der Waals surface area contributed by atoms with Crippen LogP contribution in [0, 0.1) is 17.6 Å². The highest BCUT2D eigenvalue weighted by Crippen LogP contribution is 2.27. The molecule has 37 heavy (non-hydrogen) atoms. The van der Waals surface area contributed by atoms with Crippen molar-refractivity contribution in [1.29, 1.82) is 0 Å². The molecular weight excluding hydrogens is 483 g/mol. The highest BCUT2D eigenvalue weighted by Gasteiger charge is 2.26. The van der Waals surface area contributed by atoms with Crippen molar-refractivity contribution < 1.29 is 18.0 Å². The van der Waals surface area contributed by atoms with Gasteiger partial charge in [0.1, 0.15) is 11.5 Å². The molecule has 3 heterocycles. The van der Waals surface area contributed by atoms with Crippen LogP contribution in [0.15, 0.2) is 47.3 Å². The van der Waals surface area contributed by atoms with Crippen LogP contribution in [0.1, 0.15) is 28.9 Å². The molecule has 10 heteroatoms. The van der Waals surface area contributed by atoms with E-state index < -0.39 is 23.1 Å². The minimum absolute atomic E-state index is 0.0644. The summed E-state index contributed by atoms with van der Waals surface area (Å²) < 4.78 is 43.7. The standard InChI is InChI=1S/C27H24F3N5O2/c28-16-2-6-18-19-5-1-15(23(29)24(19)33-26(36)20(18)13-16)14-34-9-11-35(12-10-34)22-8-7-21(32-25(22)30)27(37)31-17-3-4-17/h1-2,5-8,13,17H,3-4,9-12,14H2,(H,31,37)(H,33,36). The van der Waals surface area contributed by atoms with Crippen LogP contribution in [-0.4, -0.2) is 53.0 Å². The molecule has 2 fully saturated rings. The number of rotatable bonds is 5. The molecule has 190 valence electrons. The zero-order chi connectivity index (χ0) is 25.7. The smallest absolute Gasteiger partial charge is 0.270 e. The van der Waals surface area contributed by atoms with E-state index in [1.165, 1.54) is 18.2 Å². The molecule has 2 aromatic carbocycles. The molecular formula is C27H24F3N5O2. The van der Waals surface area contributed by atoms with Crippen molar-refractivity contribution in [3.8, 4) is 0 Å². The number of H-pyrrole nitrogens is 1. The maximum Gasteiger partial charge on any atom is 0.270 e. The van der Waals surface area contributed by atoms with Gasteiger partial charge in [0.2, 0.25) is 5.95 Å². The number of pyridine rings is 2. The fourth-order valence-corrected chi connectivity index (χ4v) is 4.87. The molecule has 2 N–H and O–H groups in total. The lowest BCUT2D eigenvalue weighted by molar-refractivity contribution is 0.0945. The van der Waals surface area contributed by atoms with Gasteiger partial charge in [0, 0.05) is 49.7 Å². The summed E-state index contributed by atoms with van der Waals surface area (Å²) in [5, 5.41) is 3.98. The number of amides is 1. The lowest BCUT2D eigenvalue weighted by Gasteiger charge is -2.36. The summed E-state index contributed by atoms with van der Waals surface area (Å²) in [5.74, 6) is -2.09. The maximum absolute atomic E-state index is 15.4. The molecule has 0 bridgehead atoms. The molecule has 0 unspecified atom stereocenters. The molecule has 6 rings (SSSR count). The Morgan fingerprint density at radius 2 is 1.73 bits per heavy atom. The molecule has 0 atom stereocenters. The summed E-state index contributed by atoms with van der Waals surface area (Å²) >= 11 is 0. The van der Waals surface area contributed by atoms with Crippen molar-refractivity contribution in [2.45, 2.75) is 25.4 Å². The Hall–Kier alpha value is -3.92. The third kappa shape index (κ3) is 4.53. The van der Waals surface area contributed by atoms with E-state index in [-0.39, 0.29) is 28.5 Å². The van der Waals surface area contributed by atoms with Gasteiger partial charge >= 0.3 is 0 Å². The van der Waals surface area contributed by atoms with Crippen LogP contribution >= 0.6 is 0 Å². The number of anilines is 1. The highest BCUT2D eigenvalue weighted by atomic mass is 19.1. The van der Waals surface area contributed by atoms with Crippen molar-refractivity contribution in [2.75, 3.05) is 31.1 Å². The van der Waals surface area contributed by atoms with Crippen molar-refractivity contribution in [3.63, 3.8) is 0 Å². The topological polar surface area (TPSA) is 81.3 Å². The number of benzene rings is 2. The van der Waals surface area contributed by atoms with Gasteiger partial charge in [-0.3, -0.25) is 14.5 Å². The molecule has 7 nitrogen and oxygen atoms in total. The van der Waals surface area contributed by atoms with E-state index in [4.69, 9.17) is 0 Å². The summed E-state index contributed by atoms with van der Waals surface area (Å²) in [4.78, 5) is 34.9. The van der Waals surface area contributed by atoms with Crippen molar-refractivity contribution in [2.24, 2.45) is 0 Å². The lowest BCUT2D eigenvalue weighted by Crippen LogP contribution is -2.46. The lowest BCUT2D eigenvalue weighted by atomic mass is 10.0. The van der Waals surface area contributed by atoms with Crippen LogP contribution in [0.5, 0.6) is 0 Å². The van der Waals surface area contributed by atoms with E-state index >= 15 is 4.39 Å². The molecule has 2 aliphatic rings. The Morgan fingerprint density at radius 3 is 2.46 bits per heavy atom. The number of nitrogens with one attached hydrogen (secondary N) is 2. The Labute approximate surface area is 209 Å². The van der Waals surface area contributed by atoms with E-state index in [1.54, 1.807) is 18.2 Å². The van der Waals surface area contributed by atoms with Gasteiger partial charge in [0.05, 0.1) is 16.6 Å². The first-order chi connectivity index (χ1) is 17.9. The fourth-order valence-electron chi connectivity index (χ4n) is 4.87. The van der Waals surface area contributed by atoms with Crippen molar-refractivity contribution in [3.05, 3.63) is 81.7 Å². The summed E-state index contributed by atoms with van der Waals surface area (Å²) in [6, 6.07) is 10.6. The SMILES string of the molecule is O=C(NC1CC1)c1ccc(N2CCN(Cc3ccc4c([nH]c(=O)c5cc(F)ccc54)c3F)CC2)c(F)n1. The van der Waals surface area contributed by atoms with E-state index in [2.05, 4.69) is 20.2 Å². The zero-order valence-electron chi connectivity index (χ0n) is 19.9. The van der Waals surface area contributed by atoms with Crippen LogP contribution in [0.25, 0.3) is 21.7 Å². The van der Waals surface area contributed by atoms with Gasteiger partial charge in [-0.05, 0) is 42.5 Å². The Kier molecular flexibility index (Phi) is 5.83. The largest absolute Gasteiger partial charge is 0.365 e. The minimum Gasteiger partial charge on any atom is -0.365 e. The van der Waals surface area contributed by atoms with E-state index in [1.807, 2.05) is 4.90 Å². The number of hydrogen-bond donors (Lipinski definition) is 2. The third-order valence-electron chi connectivity index (χ3n) is 7.06. The molecule has 1 aliphatic heterocycles. The first-order valence-electron chi connectivity index (χ1n) is 12.2. The summed E-state index contributed by atoms with van der Waals surface area (Å²) in [6.07, 6.45) is 1.88. The van der Waals surface area contributed by atoms with Gasteiger partial charge in [-0.1, -0.05) is 18.2 Å². The van der Waals surface area contributed by atoms with Crippen LogP contribution in [0.2, 0.25) is 0 Å². The monoisotopic (exact) mass is 507 g/mol. The number of hydrogen-bond acceptors (Lipinski definition) is 5. The minimum atomic E-state index is -0.687. The summed E-state index contributed by atoms with van der Waals surface area (Å²) in [6.45, 7) is 2.46. The first kappa shape index (κ1) is 23.5. The van der Waals surface area contributed by atoms with Gasteiger partial charge in [-0.25, -0.2) is 13.8 Å². The average Bonchev–Trinajstić information content (AvgIpc) is 3.71. The second-order valence-corrected chi connectivity index (χ2v) is 9.62. The van der Waals surface area contributed by atoms with Crippen molar-refractivity contribution >= 4 is 33.3 Å². The molecule has 4 aromatic rings. The molecule has 1 aliphatic carbocycles. The Bertz CT molecular complexity index is 1590. The molecule has 1 saturated carbocycles. The van der Waals surface area contributed by atoms with Crippen LogP contribution in [0.3, 0.4) is 0 Å². The van der Waals surface area contributed by atoms with Gasteiger partial charge in [0.15, 0.2) is 5.82 Å². The van der Waals surface area contributed by atoms with Gasteiger partial charge in [-0.2, -0.15) is 4.39 Å². The quantitative estimate of drug-likeness (QED) is 0.318. The number of carbonyl (C=O) groups is 1. The highest BCUT2D eigenvalue weighted by molar-refractivity contribution is 6.05. The second kappa shape index (κ2) is 9.19. The maximum atomic E-state index is 15.4. The predicted molar refractivity (Wildman–Crippen MR) is 134 cm³/mol.